The minimum atomic E-state index is -0.194. The Morgan fingerprint density at radius 1 is 1.09 bits per heavy atom. The number of aryl methyl sites for hydroxylation is 1. The normalized spacial score (nSPS) is 11.6. The van der Waals surface area contributed by atoms with E-state index in [4.69, 9.17) is 9.72 Å². The molecule has 7 heteroatoms. The predicted octanol–water partition coefficient (Wildman–Crippen LogP) is 5.16. The van der Waals surface area contributed by atoms with E-state index >= 15 is 0 Å². The molecule has 0 bridgehead atoms. The Labute approximate surface area is 198 Å². The molecule has 0 aliphatic heterocycles. The number of hydrogen-bond acceptors (Lipinski definition) is 6. The molecule has 34 heavy (non-hydrogen) atoms. The quantitative estimate of drug-likeness (QED) is 0.400. The van der Waals surface area contributed by atoms with Crippen molar-refractivity contribution < 1.29 is 14.6 Å². The SMILES string of the molecule is COc1cc(-c2cncc(C[C@@H](C)c3cccc(NC(=O)c4ccc(C)nc4)c3)n2)ccc1O. The number of aromatic nitrogens is 3. The molecule has 7 nitrogen and oxygen atoms in total. The highest BCUT2D eigenvalue weighted by Gasteiger charge is 2.13. The molecule has 1 amide bonds. The van der Waals surface area contributed by atoms with Crippen LogP contribution in [0.2, 0.25) is 0 Å². The third-order valence-electron chi connectivity index (χ3n) is 5.56. The molecule has 4 rings (SSSR count). The van der Waals surface area contributed by atoms with Crippen molar-refractivity contribution in [1.82, 2.24) is 15.0 Å². The lowest BCUT2D eigenvalue weighted by Gasteiger charge is -2.14. The van der Waals surface area contributed by atoms with Gasteiger partial charge in [-0.25, -0.2) is 4.98 Å². The van der Waals surface area contributed by atoms with Crippen molar-refractivity contribution in [2.45, 2.75) is 26.2 Å². The number of carbonyl (C=O) groups is 1. The minimum Gasteiger partial charge on any atom is -0.504 e. The van der Waals surface area contributed by atoms with Crippen LogP contribution in [0, 0.1) is 6.92 Å². The number of nitrogens with zero attached hydrogens (tertiary/aromatic N) is 3. The molecule has 0 fully saturated rings. The average molecular weight is 455 g/mol. The van der Waals surface area contributed by atoms with Crippen LogP contribution in [0.5, 0.6) is 11.5 Å². The lowest BCUT2D eigenvalue weighted by molar-refractivity contribution is 0.102. The standard InChI is InChI=1S/C27H26N4O3/c1-17(11-23-15-28-16-24(30-23)20-9-10-25(32)26(13-20)34-3)19-5-4-6-22(12-19)31-27(33)21-8-7-18(2)29-14-21/h4-10,12-17,32H,11H2,1-3H3,(H,31,33)/t17-/m1/s1. The average Bonchev–Trinajstić information content (AvgIpc) is 2.85. The highest BCUT2D eigenvalue weighted by molar-refractivity contribution is 6.04. The molecular weight excluding hydrogens is 428 g/mol. The Morgan fingerprint density at radius 3 is 2.71 bits per heavy atom. The number of rotatable bonds is 7. The minimum absolute atomic E-state index is 0.0783. The molecule has 4 aromatic rings. The summed E-state index contributed by atoms with van der Waals surface area (Å²) in [5.74, 6) is 0.421. The zero-order valence-electron chi connectivity index (χ0n) is 19.3. The van der Waals surface area contributed by atoms with Crippen LogP contribution < -0.4 is 10.1 Å². The number of phenolic OH excluding ortho intramolecular Hbond substituents is 1. The number of amides is 1. The van der Waals surface area contributed by atoms with Crippen LogP contribution in [0.1, 0.15) is 40.2 Å². The number of ether oxygens (including phenoxy) is 1. The monoisotopic (exact) mass is 454 g/mol. The van der Waals surface area contributed by atoms with Crippen LogP contribution in [-0.2, 0) is 6.42 Å². The first-order chi connectivity index (χ1) is 16.4. The molecule has 2 aromatic heterocycles. The number of nitrogens with one attached hydrogen (secondary N) is 1. The van der Waals surface area contributed by atoms with E-state index in [1.165, 1.54) is 7.11 Å². The predicted molar refractivity (Wildman–Crippen MR) is 131 cm³/mol. The summed E-state index contributed by atoms with van der Waals surface area (Å²) < 4.78 is 5.20. The van der Waals surface area contributed by atoms with Gasteiger partial charge in [-0.3, -0.25) is 14.8 Å². The topological polar surface area (TPSA) is 97.2 Å². The van der Waals surface area contributed by atoms with Gasteiger partial charge in [0.1, 0.15) is 0 Å². The Morgan fingerprint density at radius 2 is 1.94 bits per heavy atom. The molecule has 0 unspecified atom stereocenters. The summed E-state index contributed by atoms with van der Waals surface area (Å²) in [4.78, 5) is 25.8. The second-order valence-electron chi connectivity index (χ2n) is 8.16. The smallest absolute Gasteiger partial charge is 0.257 e. The van der Waals surface area contributed by atoms with E-state index in [9.17, 15) is 9.90 Å². The number of anilines is 1. The zero-order valence-corrected chi connectivity index (χ0v) is 19.3. The van der Waals surface area contributed by atoms with Gasteiger partial charge in [0.25, 0.3) is 5.91 Å². The van der Waals surface area contributed by atoms with E-state index in [1.54, 1.807) is 42.9 Å². The highest BCUT2D eigenvalue weighted by Crippen LogP contribution is 2.31. The van der Waals surface area contributed by atoms with E-state index in [2.05, 4.69) is 22.2 Å². The van der Waals surface area contributed by atoms with Crippen molar-refractivity contribution >= 4 is 11.6 Å². The van der Waals surface area contributed by atoms with Crippen LogP contribution >= 0.6 is 0 Å². The van der Waals surface area contributed by atoms with Gasteiger partial charge in [0, 0.05) is 29.3 Å². The number of methoxy groups -OCH3 is 1. The number of benzene rings is 2. The first kappa shape index (κ1) is 22.9. The summed E-state index contributed by atoms with van der Waals surface area (Å²) in [6, 6.07) is 16.5. The fraction of sp³-hybridized carbons (Fsp3) is 0.185. The van der Waals surface area contributed by atoms with Gasteiger partial charge in [-0.05, 0) is 67.3 Å². The summed E-state index contributed by atoms with van der Waals surface area (Å²) in [5.41, 5.74) is 5.55. The van der Waals surface area contributed by atoms with Gasteiger partial charge in [-0.15, -0.1) is 0 Å². The van der Waals surface area contributed by atoms with E-state index in [-0.39, 0.29) is 17.6 Å². The molecule has 2 aromatic carbocycles. The van der Waals surface area contributed by atoms with E-state index in [0.717, 1.165) is 28.2 Å². The maximum absolute atomic E-state index is 12.5. The van der Waals surface area contributed by atoms with Gasteiger partial charge < -0.3 is 15.2 Å². The van der Waals surface area contributed by atoms with Gasteiger partial charge >= 0.3 is 0 Å². The van der Waals surface area contributed by atoms with E-state index < -0.39 is 0 Å². The number of pyridine rings is 1. The molecule has 0 saturated carbocycles. The molecule has 0 aliphatic rings. The van der Waals surface area contributed by atoms with Crippen LogP contribution in [0.25, 0.3) is 11.3 Å². The van der Waals surface area contributed by atoms with Gasteiger partial charge in [-0.2, -0.15) is 0 Å². The highest BCUT2D eigenvalue weighted by atomic mass is 16.5. The summed E-state index contributed by atoms with van der Waals surface area (Å²) in [6.07, 6.45) is 5.70. The third-order valence-corrected chi connectivity index (χ3v) is 5.56. The third kappa shape index (κ3) is 5.38. The Kier molecular flexibility index (Phi) is 6.82. The molecule has 2 heterocycles. The molecule has 1 atom stereocenters. The van der Waals surface area contributed by atoms with Gasteiger partial charge in [-0.1, -0.05) is 19.1 Å². The van der Waals surface area contributed by atoms with Gasteiger partial charge in [0.05, 0.1) is 30.3 Å². The first-order valence-electron chi connectivity index (χ1n) is 10.9. The van der Waals surface area contributed by atoms with Gasteiger partial charge in [0.15, 0.2) is 11.5 Å². The number of carbonyl (C=O) groups excluding carboxylic acids is 1. The van der Waals surface area contributed by atoms with Crippen molar-refractivity contribution in [2.75, 3.05) is 12.4 Å². The van der Waals surface area contributed by atoms with E-state index in [1.807, 2.05) is 37.3 Å². The summed E-state index contributed by atoms with van der Waals surface area (Å²) in [5, 5.41) is 12.8. The first-order valence-corrected chi connectivity index (χ1v) is 10.9. The number of hydrogen-bond donors (Lipinski definition) is 2. The fourth-order valence-electron chi connectivity index (χ4n) is 3.64. The Bertz CT molecular complexity index is 1310. The maximum atomic E-state index is 12.5. The molecule has 0 aliphatic carbocycles. The van der Waals surface area contributed by atoms with E-state index in [0.29, 0.717) is 23.4 Å². The van der Waals surface area contributed by atoms with Crippen molar-refractivity contribution in [3.05, 3.63) is 95.7 Å². The second-order valence-corrected chi connectivity index (χ2v) is 8.16. The summed E-state index contributed by atoms with van der Waals surface area (Å²) in [7, 11) is 1.51. The van der Waals surface area contributed by atoms with Crippen molar-refractivity contribution in [1.29, 1.82) is 0 Å². The molecular formula is C27H26N4O3. The Hall–Kier alpha value is -4.26. The fourth-order valence-corrected chi connectivity index (χ4v) is 3.64. The molecule has 0 radical (unpaired) electrons. The van der Waals surface area contributed by atoms with Gasteiger partial charge in [0.2, 0.25) is 0 Å². The van der Waals surface area contributed by atoms with Crippen LogP contribution in [0.4, 0.5) is 5.69 Å². The number of phenols is 1. The van der Waals surface area contributed by atoms with Crippen LogP contribution in [-0.4, -0.2) is 33.1 Å². The van der Waals surface area contributed by atoms with Crippen LogP contribution in [0.3, 0.4) is 0 Å². The van der Waals surface area contributed by atoms with Crippen molar-refractivity contribution in [3.63, 3.8) is 0 Å². The van der Waals surface area contributed by atoms with Crippen molar-refractivity contribution in [2.24, 2.45) is 0 Å². The summed E-state index contributed by atoms with van der Waals surface area (Å²) >= 11 is 0. The Balaban J connectivity index is 1.48. The summed E-state index contributed by atoms with van der Waals surface area (Å²) in [6.45, 7) is 4.00. The number of aromatic hydroxyl groups is 1. The largest absolute Gasteiger partial charge is 0.504 e. The van der Waals surface area contributed by atoms with Crippen molar-refractivity contribution in [3.8, 4) is 22.8 Å². The molecule has 2 N–H and O–H groups in total. The lowest BCUT2D eigenvalue weighted by atomic mass is 9.96. The van der Waals surface area contributed by atoms with Crippen LogP contribution in [0.15, 0.2) is 73.2 Å². The second kappa shape index (κ2) is 10.1. The molecule has 0 spiro atoms. The zero-order chi connectivity index (χ0) is 24.1. The molecule has 0 saturated heterocycles. The lowest BCUT2D eigenvalue weighted by Crippen LogP contribution is -2.12. The maximum Gasteiger partial charge on any atom is 0.257 e. The molecule has 172 valence electrons.